The van der Waals surface area contributed by atoms with Gasteiger partial charge in [-0.25, -0.2) is 0 Å². The van der Waals surface area contributed by atoms with E-state index in [-0.39, 0.29) is 6.10 Å². The molecule has 14 heavy (non-hydrogen) atoms. The standard InChI is InChI=1S/C11H21NO2/c1-14-11-6-9(7-11)12-8-3-2-4-10(13)5-8/h8-13H,2-7H2,1H3. The van der Waals surface area contributed by atoms with Crippen molar-refractivity contribution in [3.63, 3.8) is 0 Å². The molecule has 0 saturated heterocycles. The fraction of sp³-hybridized carbons (Fsp3) is 1.00. The first-order chi connectivity index (χ1) is 6.78. The Morgan fingerprint density at radius 1 is 1.14 bits per heavy atom. The zero-order valence-corrected chi connectivity index (χ0v) is 8.91. The summed E-state index contributed by atoms with van der Waals surface area (Å²) in [5.41, 5.74) is 0. The van der Waals surface area contributed by atoms with Crippen LogP contribution in [0.1, 0.15) is 38.5 Å². The molecule has 2 N–H and O–H groups in total. The molecule has 0 amide bonds. The van der Waals surface area contributed by atoms with Gasteiger partial charge in [-0.3, -0.25) is 0 Å². The van der Waals surface area contributed by atoms with Gasteiger partial charge in [0.25, 0.3) is 0 Å². The maximum atomic E-state index is 9.52. The van der Waals surface area contributed by atoms with Gasteiger partial charge in [0.15, 0.2) is 0 Å². The molecule has 2 aliphatic carbocycles. The molecule has 0 spiro atoms. The quantitative estimate of drug-likeness (QED) is 0.714. The van der Waals surface area contributed by atoms with Crippen LogP contribution in [-0.4, -0.2) is 36.5 Å². The fourth-order valence-electron chi connectivity index (χ4n) is 2.54. The summed E-state index contributed by atoms with van der Waals surface area (Å²) < 4.78 is 5.24. The lowest BCUT2D eigenvalue weighted by molar-refractivity contribution is 0.00897. The van der Waals surface area contributed by atoms with Crippen LogP contribution in [0.4, 0.5) is 0 Å². The fourth-order valence-corrected chi connectivity index (χ4v) is 2.54. The number of methoxy groups -OCH3 is 1. The van der Waals surface area contributed by atoms with E-state index in [0.29, 0.717) is 18.2 Å². The van der Waals surface area contributed by atoms with Crippen LogP contribution in [0.15, 0.2) is 0 Å². The lowest BCUT2D eigenvalue weighted by Crippen LogP contribution is -2.50. The molecule has 3 nitrogen and oxygen atoms in total. The van der Waals surface area contributed by atoms with Crippen molar-refractivity contribution in [2.24, 2.45) is 0 Å². The average Bonchev–Trinajstić information content (AvgIpc) is 2.10. The molecule has 0 heterocycles. The Balaban J connectivity index is 1.66. The summed E-state index contributed by atoms with van der Waals surface area (Å²) in [6.45, 7) is 0. The first-order valence-electron chi connectivity index (χ1n) is 5.75. The van der Waals surface area contributed by atoms with Crippen molar-refractivity contribution in [1.29, 1.82) is 0 Å². The van der Waals surface area contributed by atoms with Crippen LogP contribution in [0.25, 0.3) is 0 Å². The van der Waals surface area contributed by atoms with Crippen molar-refractivity contribution >= 4 is 0 Å². The summed E-state index contributed by atoms with van der Waals surface area (Å²) in [4.78, 5) is 0. The summed E-state index contributed by atoms with van der Waals surface area (Å²) >= 11 is 0. The van der Waals surface area contributed by atoms with E-state index < -0.39 is 0 Å². The Kier molecular flexibility index (Phi) is 3.42. The Hall–Kier alpha value is -0.120. The van der Waals surface area contributed by atoms with Gasteiger partial charge in [0.1, 0.15) is 0 Å². The summed E-state index contributed by atoms with van der Waals surface area (Å²) in [5, 5.41) is 13.1. The van der Waals surface area contributed by atoms with Gasteiger partial charge in [0.05, 0.1) is 12.2 Å². The first kappa shape index (κ1) is 10.4. The summed E-state index contributed by atoms with van der Waals surface area (Å²) in [5.74, 6) is 0. The van der Waals surface area contributed by atoms with Gasteiger partial charge in [-0.2, -0.15) is 0 Å². The number of hydrogen-bond acceptors (Lipinski definition) is 3. The summed E-state index contributed by atoms with van der Waals surface area (Å²) in [6, 6.07) is 1.18. The van der Waals surface area contributed by atoms with E-state index in [0.717, 1.165) is 25.7 Å². The molecule has 2 rings (SSSR count). The van der Waals surface area contributed by atoms with Gasteiger partial charge in [-0.1, -0.05) is 0 Å². The number of aliphatic hydroxyl groups is 1. The molecule has 0 aromatic carbocycles. The minimum atomic E-state index is -0.0699. The smallest absolute Gasteiger partial charge is 0.0601 e. The highest BCUT2D eigenvalue weighted by atomic mass is 16.5. The monoisotopic (exact) mass is 199 g/mol. The molecule has 0 aliphatic heterocycles. The highest BCUT2D eigenvalue weighted by Crippen LogP contribution is 2.26. The second-order valence-electron chi connectivity index (χ2n) is 4.71. The first-order valence-corrected chi connectivity index (χ1v) is 5.75. The third-order valence-electron chi connectivity index (χ3n) is 3.55. The largest absolute Gasteiger partial charge is 0.393 e. The number of ether oxygens (including phenoxy) is 1. The zero-order valence-electron chi connectivity index (χ0n) is 8.91. The van der Waals surface area contributed by atoms with E-state index in [1.807, 2.05) is 0 Å². The molecular weight excluding hydrogens is 178 g/mol. The predicted molar refractivity (Wildman–Crippen MR) is 55.2 cm³/mol. The molecule has 2 atom stereocenters. The Morgan fingerprint density at radius 3 is 2.57 bits per heavy atom. The molecule has 3 heteroatoms. The molecular formula is C11H21NO2. The van der Waals surface area contributed by atoms with Crippen LogP contribution in [0.5, 0.6) is 0 Å². The van der Waals surface area contributed by atoms with Gasteiger partial charge in [0, 0.05) is 19.2 Å². The van der Waals surface area contributed by atoms with Gasteiger partial charge < -0.3 is 15.2 Å². The summed E-state index contributed by atoms with van der Waals surface area (Å²) in [7, 11) is 1.78. The van der Waals surface area contributed by atoms with E-state index in [2.05, 4.69) is 5.32 Å². The van der Waals surface area contributed by atoms with Crippen LogP contribution in [0.3, 0.4) is 0 Å². The second-order valence-corrected chi connectivity index (χ2v) is 4.71. The maximum absolute atomic E-state index is 9.52. The molecule has 0 radical (unpaired) electrons. The number of rotatable bonds is 3. The Bertz CT molecular complexity index is 180. The van der Waals surface area contributed by atoms with Gasteiger partial charge in [0.2, 0.25) is 0 Å². The Morgan fingerprint density at radius 2 is 1.93 bits per heavy atom. The van der Waals surface area contributed by atoms with Crippen molar-refractivity contribution in [2.45, 2.75) is 62.8 Å². The molecule has 0 aromatic rings. The van der Waals surface area contributed by atoms with E-state index in [1.54, 1.807) is 7.11 Å². The van der Waals surface area contributed by atoms with E-state index in [9.17, 15) is 5.11 Å². The Labute approximate surface area is 85.8 Å². The molecule has 82 valence electrons. The highest BCUT2D eigenvalue weighted by Gasteiger charge is 2.31. The minimum Gasteiger partial charge on any atom is -0.393 e. The predicted octanol–water partition coefficient (Wildman–Crippen LogP) is 1.06. The summed E-state index contributed by atoms with van der Waals surface area (Å²) in [6.07, 6.45) is 7.01. The van der Waals surface area contributed by atoms with Crippen LogP contribution in [0.2, 0.25) is 0 Å². The van der Waals surface area contributed by atoms with Crippen molar-refractivity contribution in [1.82, 2.24) is 5.32 Å². The highest BCUT2D eigenvalue weighted by molar-refractivity contribution is 4.89. The van der Waals surface area contributed by atoms with E-state index in [1.165, 1.54) is 12.8 Å². The van der Waals surface area contributed by atoms with Crippen LogP contribution < -0.4 is 5.32 Å². The zero-order chi connectivity index (χ0) is 9.97. The van der Waals surface area contributed by atoms with Crippen LogP contribution >= 0.6 is 0 Å². The van der Waals surface area contributed by atoms with E-state index >= 15 is 0 Å². The second kappa shape index (κ2) is 4.60. The van der Waals surface area contributed by atoms with E-state index in [4.69, 9.17) is 4.74 Å². The average molecular weight is 199 g/mol. The molecule has 0 bridgehead atoms. The van der Waals surface area contributed by atoms with Gasteiger partial charge >= 0.3 is 0 Å². The van der Waals surface area contributed by atoms with Crippen molar-refractivity contribution < 1.29 is 9.84 Å². The SMILES string of the molecule is COC1CC(NC2CCCC(O)C2)C1. The lowest BCUT2D eigenvalue weighted by Gasteiger charge is -2.39. The third-order valence-corrected chi connectivity index (χ3v) is 3.55. The van der Waals surface area contributed by atoms with Gasteiger partial charge in [-0.05, 0) is 38.5 Å². The molecule has 2 unspecified atom stereocenters. The molecule has 0 aromatic heterocycles. The molecule has 2 fully saturated rings. The minimum absolute atomic E-state index is 0.0699. The van der Waals surface area contributed by atoms with Crippen molar-refractivity contribution in [3.8, 4) is 0 Å². The normalized spacial score (nSPS) is 43.3. The number of hydrogen-bond donors (Lipinski definition) is 2. The van der Waals surface area contributed by atoms with Crippen molar-refractivity contribution in [2.75, 3.05) is 7.11 Å². The molecule has 2 aliphatic rings. The van der Waals surface area contributed by atoms with Crippen LogP contribution in [0, 0.1) is 0 Å². The molecule has 2 saturated carbocycles. The number of nitrogens with one attached hydrogen (secondary N) is 1. The van der Waals surface area contributed by atoms with Crippen LogP contribution in [-0.2, 0) is 4.74 Å². The number of aliphatic hydroxyl groups excluding tert-OH is 1. The lowest BCUT2D eigenvalue weighted by atomic mass is 9.86. The van der Waals surface area contributed by atoms with Crippen molar-refractivity contribution in [3.05, 3.63) is 0 Å². The maximum Gasteiger partial charge on any atom is 0.0601 e. The third kappa shape index (κ3) is 2.47. The topological polar surface area (TPSA) is 41.5 Å². The van der Waals surface area contributed by atoms with Gasteiger partial charge in [-0.15, -0.1) is 0 Å².